The molecule has 1 aromatic rings. The first-order valence-corrected chi connectivity index (χ1v) is 17.1. The third-order valence-electron chi connectivity index (χ3n) is 10.2. The number of benzene rings is 1. The Hall–Kier alpha value is -3.67. The van der Waals surface area contributed by atoms with Gasteiger partial charge in [0, 0.05) is 5.56 Å². The summed E-state index contributed by atoms with van der Waals surface area (Å²) in [5, 5.41) is 22.6. The molecule has 2 aliphatic carbocycles. The molecule has 1 aromatic carbocycles. The number of hydrogen-bond donors (Lipinski definition) is 2. The molecule has 2 aliphatic rings. The van der Waals surface area contributed by atoms with Crippen LogP contribution in [0.15, 0.2) is 70.4 Å². The van der Waals surface area contributed by atoms with Gasteiger partial charge in [0.05, 0.1) is 12.0 Å². The highest BCUT2D eigenvalue weighted by Crippen LogP contribution is 2.67. The number of Topliss-reactive ketones (excluding diaryl/α,β-unsaturated/α-hetero) is 3. The van der Waals surface area contributed by atoms with E-state index >= 15 is 9.59 Å². The summed E-state index contributed by atoms with van der Waals surface area (Å²) in [5.74, 6) is -2.20. The molecule has 6 heteroatoms. The molecule has 0 aromatic heterocycles. The number of allylic oxidation sites excluding steroid dienone is 9. The van der Waals surface area contributed by atoms with E-state index in [2.05, 4.69) is 19.1 Å². The molecular formula is C41H56O6. The largest absolute Gasteiger partial charge is 0.506 e. The van der Waals surface area contributed by atoms with Gasteiger partial charge in [0.1, 0.15) is 16.7 Å². The van der Waals surface area contributed by atoms with Crippen LogP contribution >= 0.6 is 0 Å². The number of phenolic OH excluding ortho intramolecular Hbond substituents is 1. The van der Waals surface area contributed by atoms with Gasteiger partial charge in [-0.25, -0.2) is 0 Å². The monoisotopic (exact) mass is 644 g/mol. The number of hydrogen-bond acceptors (Lipinski definition) is 6. The van der Waals surface area contributed by atoms with Crippen molar-refractivity contribution >= 4 is 23.1 Å². The first-order valence-electron chi connectivity index (χ1n) is 17.1. The summed E-state index contributed by atoms with van der Waals surface area (Å²) in [6.45, 7) is 20.3. The number of carbonyl (C=O) groups excluding carboxylic acids is 3. The minimum Gasteiger partial charge on any atom is -0.506 e. The van der Waals surface area contributed by atoms with Crippen molar-refractivity contribution in [1.29, 1.82) is 0 Å². The first-order chi connectivity index (χ1) is 22.0. The van der Waals surface area contributed by atoms with Crippen LogP contribution in [-0.4, -0.2) is 34.2 Å². The fourth-order valence-electron chi connectivity index (χ4n) is 7.45. The average molecular weight is 645 g/mol. The molecule has 0 spiro atoms. The van der Waals surface area contributed by atoms with Gasteiger partial charge in [-0.2, -0.15) is 0 Å². The van der Waals surface area contributed by atoms with E-state index in [1.165, 1.54) is 18.2 Å². The number of carbonyl (C=O) groups is 3. The highest BCUT2D eigenvalue weighted by molar-refractivity contribution is 6.41. The third-order valence-corrected chi connectivity index (χ3v) is 10.2. The predicted octanol–water partition coefficient (Wildman–Crippen LogP) is 9.99. The molecule has 3 rings (SSSR count). The molecule has 2 N–H and O–H groups in total. The molecule has 256 valence electrons. The number of aliphatic hydroxyl groups excluding tert-OH is 1. The van der Waals surface area contributed by atoms with Crippen molar-refractivity contribution in [2.75, 3.05) is 6.61 Å². The van der Waals surface area contributed by atoms with Crippen LogP contribution in [0.25, 0.3) is 5.76 Å². The van der Waals surface area contributed by atoms with Gasteiger partial charge in [-0.15, -0.1) is 0 Å². The summed E-state index contributed by atoms with van der Waals surface area (Å²) >= 11 is 0. The molecule has 0 saturated heterocycles. The lowest BCUT2D eigenvalue weighted by Gasteiger charge is -2.61. The fraction of sp³-hybridized carbons (Fsp3) is 0.537. The van der Waals surface area contributed by atoms with Crippen LogP contribution in [0.5, 0.6) is 11.5 Å². The Morgan fingerprint density at radius 2 is 1.47 bits per heavy atom. The van der Waals surface area contributed by atoms with Gasteiger partial charge in [-0.3, -0.25) is 14.4 Å². The van der Waals surface area contributed by atoms with Gasteiger partial charge >= 0.3 is 0 Å². The van der Waals surface area contributed by atoms with E-state index in [1.807, 2.05) is 74.5 Å². The lowest BCUT2D eigenvalue weighted by molar-refractivity contribution is -0.178. The summed E-state index contributed by atoms with van der Waals surface area (Å²) in [6.07, 6.45) is 11.4. The number of phenols is 1. The molecule has 0 radical (unpaired) electrons. The number of rotatable bonds is 13. The van der Waals surface area contributed by atoms with Crippen LogP contribution in [0, 0.1) is 22.2 Å². The molecule has 0 unspecified atom stereocenters. The van der Waals surface area contributed by atoms with E-state index < -0.39 is 33.6 Å². The van der Waals surface area contributed by atoms with Gasteiger partial charge in [0.2, 0.25) is 0 Å². The first kappa shape index (κ1) is 37.8. The highest BCUT2D eigenvalue weighted by Gasteiger charge is 2.74. The van der Waals surface area contributed by atoms with Crippen molar-refractivity contribution < 1.29 is 29.3 Å². The summed E-state index contributed by atoms with van der Waals surface area (Å²) < 4.78 is 5.61. The Morgan fingerprint density at radius 1 is 0.872 bits per heavy atom. The van der Waals surface area contributed by atoms with E-state index in [-0.39, 0.29) is 53.6 Å². The number of aromatic hydroxyl groups is 1. The molecular weight excluding hydrogens is 588 g/mol. The molecule has 4 atom stereocenters. The number of ketones is 3. The van der Waals surface area contributed by atoms with Gasteiger partial charge in [0.25, 0.3) is 0 Å². The van der Waals surface area contributed by atoms with Crippen molar-refractivity contribution in [3.63, 3.8) is 0 Å². The van der Waals surface area contributed by atoms with Crippen molar-refractivity contribution in [2.24, 2.45) is 22.2 Å². The normalized spacial score (nSPS) is 26.3. The van der Waals surface area contributed by atoms with Crippen LogP contribution in [0.1, 0.15) is 120 Å². The van der Waals surface area contributed by atoms with E-state index in [1.54, 1.807) is 0 Å². The predicted molar refractivity (Wildman–Crippen MR) is 190 cm³/mol. The zero-order valence-corrected chi connectivity index (χ0v) is 30.3. The summed E-state index contributed by atoms with van der Waals surface area (Å²) in [6, 6.07) is 4.38. The second-order valence-corrected chi connectivity index (χ2v) is 14.9. The maximum Gasteiger partial charge on any atom is 0.184 e. The van der Waals surface area contributed by atoms with Gasteiger partial charge < -0.3 is 14.9 Å². The van der Waals surface area contributed by atoms with Gasteiger partial charge in [-0.1, -0.05) is 60.4 Å². The zero-order valence-electron chi connectivity index (χ0n) is 30.3. The van der Waals surface area contributed by atoms with Crippen molar-refractivity contribution in [3.8, 4) is 11.5 Å². The molecule has 0 heterocycles. The molecule has 6 nitrogen and oxygen atoms in total. The minimum absolute atomic E-state index is 0.123. The van der Waals surface area contributed by atoms with E-state index in [9.17, 15) is 15.0 Å². The topological polar surface area (TPSA) is 101 Å². The maximum atomic E-state index is 15.3. The second kappa shape index (κ2) is 15.0. The van der Waals surface area contributed by atoms with Crippen molar-refractivity contribution in [3.05, 3.63) is 75.9 Å². The van der Waals surface area contributed by atoms with E-state index in [4.69, 9.17) is 4.74 Å². The van der Waals surface area contributed by atoms with Crippen molar-refractivity contribution in [2.45, 2.75) is 114 Å². The summed E-state index contributed by atoms with van der Waals surface area (Å²) in [7, 11) is 0. The molecule has 2 bridgehead atoms. The SMILES string of the molecule is CCCOc1ccc(/C(O)=C2/C(=O)[C@]3(CC=C(C)C)C[C@H](CC=C(C)C)[C@@](C)(CCC=C(C)C)[C@](CC=C(C)C)(C2=O)C3=O)cc1O. The summed E-state index contributed by atoms with van der Waals surface area (Å²) in [5.41, 5.74) is 0.0656. The Labute approximate surface area is 282 Å². The van der Waals surface area contributed by atoms with Crippen molar-refractivity contribution in [1.82, 2.24) is 0 Å². The van der Waals surface area contributed by atoms with Crippen LogP contribution < -0.4 is 4.74 Å². The number of ether oxygens (including phenoxy) is 1. The Kier molecular flexibility index (Phi) is 12.1. The van der Waals surface area contributed by atoms with E-state index in [0.717, 1.165) is 28.7 Å². The second-order valence-electron chi connectivity index (χ2n) is 14.9. The molecule has 0 amide bonds. The molecule has 0 aliphatic heterocycles. The zero-order chi connectivity index (χ0) is 35.3. The van der Waals surface area contributed by atoms with Gasteiger partial charge in [0.15, 0.2) is 28.8 Å². The lowest BCUT2D eigenvalue weighted by atomic mass is 9.37. The maximum absolute atomic E-state index is 15.3. The minimum atomic E-state index is -1.59. The molecule has 2 saturated carbocycles. The third kappa shape index (κ3) is 7.27. The van der Waals surface area contributed by atoms with Crippen LogP contribution in [-0.2, 0) is 14.4 Å². The fourth-order valence-corrected chi connectivity index (χ4v) is 7.45. The highest BCUT2D eigenvalue weighted by atomic mass is 16.5. The number of aliphatic hydroxyl groups is 1. The summed E-state index contributed by atoms with van der Waals surface area (Å²) in [4.78, 5) is 45.4. The quantitative estimate of drug-likeness (QED) is 0.0729. The standard InChI is InChI=1S/C41H56O6/c1-11-23-47-33-17-15-30(24-32(33)42)35(43)34-36(44)40(21-18-28(6)7)25-31(16-14-27(4)5)39(10,20-12-13-26(2)3)41(37(34)45,38(40)46)22-19-29(8)9/h13-15,17-19,24,31,42-43H,11-12,16,20-23,25H2,1-10H3/b35-34+/t31-,39+,40-,41+/m0/s1. The Balaban J connectivity index is 2.47. The van der Waals surface area contributed by atoms with Crippen LogP contribution in [0.2, 0.25) is 0 Å². The Bertz CT molecular complexity index is 1530. The van der Waals surface area contributed by atoms with E-state index in [0.29, 0.717) is 25.9 Å². The Morgan fingerprint density at radius 3 is 2.02 bits per heavy atom. The molecule has 47 heavy (non-hydrogen) atoms. The van der Waals surface area contributed by atoms with Gasteiger partial charge in [-0.05, 0) is 130 Å². The van der Waals surface area contributed by atoms with Crippen LogP contribution in [0.3, 0.4) is 0 Å². The lowest BCUT2D eigenvalue weighted by Crippen LogP contribution is -2.70. The average Bonchev–Trinajstić information content (AvgIpc) is 2.98. The molecule has 2 fully saturated rings. The van der Waals surface area contributed by atoms with Crippen LogP contribution in [0.4, 0.5) is 0 Å². The smallest absolute Gasteiger partial charge is 0.184 e. The number of fused-ring (bicyclic) bond motifs is 2.